The fraction of sp³-hybridized carbons (Fsp3) is 0.0833. The molecule has 2 rings (SSSR count). The Balaban J connectivity index is 2.36. The Morgan fingerprint density at radius 3 is 2.73 bits per heavy atom. The number of hydrogen-bond acceptors (Lipinski definition) is 6. The summed E-state index contributed by atoms with van der Waals surface area (Å²) in [6.45, 7) is -0.745. The van der Waals surface area contributed by atoms with E-state index in [9.17, 15) is 24.5 Å². The topological polar surface area (TPSA) is 118 Å². The highest BCUT2D eigenvalue weighted by Crippen LogP contribution is 2.34. The molecule has 0 aromatic heterocycles. The lowest BCUT2D eigenvalue weighted by atomic mass is 10.2. The molecule has 0 saturated carbocycles. The zero-order valence-electron chi connectivity index (χ0n) is 10.7. The van der Waals surface area contributed by atoms with Crippen LogP contribution in [-0.2, 0) is 9.59 Å². The van der Waals surface area contributed by atoms with Crippen LogP contribution in [0.1, 0.15) is 5.56 Å². The number of aliphatic carboxylic acids is 1. The molecule has 1 fully saturated rings. The third kappa shape index (κ3) is 3.26. The number of non-ortho nitro benzene ring substituents is 1. The maximum absolute atomic E-state index is 12.0. The van der Waals surface area contributed by atoms with E-state index in [0.717, 1.165) is 6.07 Å². The van der Waals surface area contributed by atoms with E-state index in [1.165, 1.54) is 18.2 Å². The molecule has 1 aliphatic heterocycles. The monoisotopic (exact) mass is 342 g/mol. The first-order valence-corrected chi connectivity index (χ1v) is 6.90. The summed E-state index contributed by atoms with van der Waals surface area (Å²) in [7, 11) is 0. The van der Waals surface area contributed by atoms with Crippen molar-refractivity contribution in [3.05, 3.63) is 43.8 Å². The lowest BCUT2D eigenvalue weighted by Gasteiger charge is -2.07. The standard InChI is InChI=1S/C12H7ClN2O6S/c13-8-2-1-7(15(20)21)3-6(8)4-9-11(18)14(5-10(16)17)12(19)22-9/h1-4H,5H2,(H,16,17)/b9-4+. The van der Waals surface area contributed by atoms with Crippen LogP contribution in [0.5, 0.6) is 0 Å². The lowest BCUT2D eigenvalue weighted by molar-refractivity contribution is -0.384. The van der Waals surface area contributed by atoms with Gasteiger partial charge in [0, 0.05) is 22.7 Å². The van der Waals surface area contributed by atoms with Gasteiger partial charge in [0.1, 0.15) is 6.54 Å². The molecular weight excluding hydrogens is 336 g/mol. The summed E-state index contributed by atoms with van der Waals surface area (Å²) in [6, 6.07) is 3.66. The highest BCUT2D eigenvalue weighted by Gasteiger charge is 2.36. The van der Waals surface area contributed by atoms with Gasteiger partial charge in [-0.2, -0.15) is 0 Å². The summed E-state index contributed by atoms with van der Waals surface area (Å²) in [5.74, 6) is -2.10. The van der Waals surface area contributed by atoms with E-state index < -0.39 is 28.6 Å². The average molecular weight is 343 g/mol. The van der Waals surface area contributed by atoms with E-state index in [0.29, 0.717) is 16.7 Å². The molecule has 1 aromatic rings. The number of rotatable bonds is 4. The van der Waals surface area contributed by atoms with Gasteiger partial charge in [0.15, 0.2) is 0 Å². The van der Waals surface area contributed by atoms with Gasteiger partial charge in [0.25, 0.3) is 16.8 Å². The molecule has 1 N–H and O–H groups in total. The number of amides is 2. The minimum atomic E-state index is -1.32. The Morgan fingerprint density at radius 1 is 1.45 bits per heavy atom. The number of imide groups is 1. The third-order valence-electron chi connectivity index (χ3n) is 2.64. The number of benzene rings is 1. The number of thioether (sulfide) groups is 1. The van der Waals surface area contributed by atoms with E-state index in [1.54, 1.807) is 0 Å². The SMILES string of the molecule is O=C(O)CN1C(=O)S/C(=C/c2cc([N+](=O)[O-])ccc2Cl)C1=O. The predicted molar refractivity (Wildman–Crippen MR) is 78.4 cm³/mol. The van der Waals surface area contributed by atoms with Crippen LogP contribution < -0.4 is 0 Å². The normalized spacial score (nSPS) is 16.4. The predicted octanol–water partition coefficient (Wildman–Crippen LogP) is 2.37. The van der Waals surface area contributed by atoms with Crippen molar-refractivity contribution in [1.29, 1.82) is 0 Å². The fourth-order valence-electron chi connectivity index (χ4n) is 1.67. The van der Waals surface area contributed by atoms with E-state index in [-0.39, 0.29) is 21.2 Å². The summed E-state index contributed by atoms with van der Waals surface area (Å²) >= 11 is 6.45. The zero-order valence-corrected chi connectivity index (χ0v) is 12.3. The van der Waals surface area contributed by atoms with Gasteiger partial charge in [-0.1, -0.05) is 11.6 Å². The maximum atomic E-state index is 12.0. The Morgan fingerprint density at radius 2 is 2.14 bits per heavy atom. The van der Waals surface area contributed by atoms with E-state index in [4.69, 9.17) is 16.7 Å². The number of halogens is 1. The summed E-state index contributed by atoms with van der Waals surface area (Å²) in [5.41, 5.74) is -0.0305. The van der Waals surface area contributed by atoms with Crippen LogP contribution in [0.4, 0.5) is 10.5 Å². The number of nitro benzene ring substituents is 1. The highest BCUT2D eigenvalue weighted by molar-refractivity contribution is 8.18. The molecule has 114 valence electrons. The second kappa shape index (κ2) is 6.16. The van der Waals surface area contributed by atoms with Gasteiger partial charge in [-0.05, 0) is 23.9 Å². The van der Waals surface area contributed by atoms with Crippen molar-refractivity contribution >= 4 is 52.2 Å². The van der Waals surface area contributed by atoms with Crippen LogP contribution in [0.2, 0.25) is 5.02 Å². The van der Waals surface area contributed by atoms with Crippen molar-refractivity contribution in [2.24, 2.45) is 0 Å². The van der Waals surface area contributed by atoms with Crippen LogP contribution >= 0.6 is 23.4 Å². The number of hydrogen-bond donors (Lipinski definition) is 1. The first kappa shape index (κ1) is 16.0. The maximum Gasteiger partial charge on any atom is 0.323 e. The average Bonchev–Trinajstić information content (AvgIpc) is 2.68. The smallest absolute Gasteiger partial charge is 0.323 e. The summed E-state index contributed by atoms with van der Waals surface area (Å²) in [5, 5.41) is 18.8. The first-order chi connectivity index (χ1) is 10.3. The van der Waals surface area contributed by atoms with E-state index in [2.05, 4.69) is 0 Å². The quantitative estimate of drug-likeness (QED) is 0.507. The minimum absolute atomic E-state index is 0.0475. The minimum Gasteiger partial charge on any atom is -0.480 e. The van der Waals surface area contributed by atoms with Gasteiger partial charge in [0.2, 0.25) is 0 Å². The second-order valence-electron chi connectivity index (χ2n) is 4.12. The number of nitro groups is 1. The van der Waals surface area contributed by atoms with Crippen molar-refractivity contribution in [3.63, 3.8) is 0 Å². The number of carboxylic acid groups (broad SMARTS) is 1. The van der Waals surface area contributed by atoms with Gasteiger partial charge in [0.05, 0.1) is 9.83 Å². The van der Waals surface area contributed by atoms with E-state index in [1.807, 2.05) is 0 Å². The van der Waals surface area contributed by atoms with Crippen molar-refractivity contribution in [1.82, 2.24) is 4.90 Å². The molecule has 10 heteroatoms. The summed E-state index contributed by atoms with van der Waals surface area (Å²) < 4.78 is 0. The molecule has 1 aromatic carbocycles. The van der Waals surface area contributed by atoms with Gasteiger partial charge in [-0.15, -0.1) is 0 Å². The molecule has 0 unspecified atom stereocenters. The number of carboxylic acids is 1. The second-order valence-corrected chi connectivity index (χ2v) is 5.52. The molecule has 0 bridgehead atoms. The first-order valence-electron chi connectivity index (χ1n) is 5.70. The lowest BCUT2D eigenvalue weighted by Crippen LogP contribution is -2.33. The molecular formula is C12H7ClN2O6S. The van der Waals surface area contributed by atoms with Gasteiger partial charge in [-0.3, -0.25) is 29.4 Å². The largest absolute Gasteiger partial charge is 0.480 e. The Bertz CT molecular complexity index is 732. The Kier molecular flexibility index (Phi) is 4.48. The van der Waals surface area contributed by atoms with Crippen molar-refractivity contribution in [2.45, 2.75) is 0 Å². The molecule has 2 amide bonds. The number of nitrogens with zero attached hydrogens (tertiary/aromatic N) is 2. The molecule has 8 nitrogen and oxygen atoms in total. The molecule has 0 atom stereocenters. The molecule has 1 saturated heterocycles. The molecule has 0 radical (unpaired) electrons. The van der Waals surface area contributed by atoms with Gasteiger partial charge < -0.3 is 5.11 Å². The van der Waals surface area contributed by atoms with Gasteiger partial charge >= 0.3 is 5.97 Å². The van der Waals surface area contributed by atoms with Crippen molar-refractivity contribution in [2.75, 3.05) is 6.54 Å². The zero-order chi connectivity index (χ0) is 16.4. The van der Waals surface area contributed by atoms with Crippen LogP contribution in [-0.4, -0.2) is 38.6 Å². The molecule has 0 aliphatic carbocycles. The number of carbonyl (C=O) groups excluding carboxylic acids is 2. The molecule has 0 spiro atoms. The summed E-state index contributed by atoms with van der Waals surface area (Å²) in [6.07, 6.45) is 1.22. The van der Waals surface area contributed by atoms with Crippen molar-refractivity contribution in [3.8, 4) is 0 Å². The highest BCUT2D eigenvalue weighted by atomic mass is 35.5. The number of carbonyl (C=O) groups is 3. The third-order valence-corrected chi connectivity index (χ3v) is 3.90. The van der Waals surface area contributed by atoms with Crippen LogP contribution in [0.25, 0.3) is 6.08 Å². The van der Waals surface area contributed by atoms with E-state index >= 15 is 0 Å². The Labute approximate surface area is 132 Å². The van der Waals surface area contributed by atoms with Gasteiger partial charge in [-0.25, -0.2) is 0 Å². The fourth-order valence-corrected chi connectivity index (χ4v) is 2.67. The summed E-state index contributed by atoms with van der Waals surface area (Å²) in [4.78, 5) is 44.8. The van der Waals surface area contributed by atoms with Crippen LogP contribution in [0.3, 0.4) is 0 Å². The van der Waals surface area contributed by atoms with Crippen molar-refractivity contribution < 1.29 is 24.4 Å². The Hall–Kier alpha value is -2.39. The van der Waals surface area contributed by atoms with Crippen LogP contribution in [0, 0.1) is 10.1 Å². The molecule has 1 aliphatic rings. The molecule has 1 heterocycles. The molecule has 22 heavy (non-hydrogen) atoms. The van der Waals surface area contributed by atoms with Crippen LogP contribution in [0.15, 0.2) is 23.1 Å².